The summed E-state index contributed by atoms with van der Waals surface area (Å²) in [7, 11) is 5.02. The lowest BCUT2D eigenvalue weighted by atomic mass is 9.97. The van der Waals surface area contributed by atoms with Crippen LogP contribution in [0.3, 0.4) is 0 Å². The van der Waals surface area contributed by atoms with Gasteiger partial charge >= 0.3 is 18.2 Å². The van der Waals surface area contributed by atoms with Gasteiger partial charge in [-0.2, -0.15) is 13.2 Å². The first-order chi connectivity index (χ1) is 17.3. The highest BCUT2D eigenvalue weighted by molar-refractivity contribution is 5.82. The Bertz CT molecular complexity index is 1120. The third-order valence-corrected chi connectivity index (χ3v) is 6.23. The van der Waals surface area contributed by atoms with Crippen molar-refractivity contribution < 1.29 is 37.3 Å². The molecule has 0 aromatic heterocycles. The van der Waals surface area contributed by atoms with Crippen molar-refractivity contribution in [1.29, 1.82) is 0 Å². The zero-order valence-electron chi connectivity index (χ0n) is 21.4. The number of carboxylic acid groups (broad SMARTS) is 1. The number of aliphatic carboxylic acids is 1. The molecule has 202 valence electrons. The van der Waals surface area contributed by atoms with Crippen LogP contribution in [-0.4, -0.2) is 61.5 Å². The quantitative estimate of drug-likeness (QED) is 0.519. The molecule has 0 saturated carbocycles. The number of para-hydroxylation sites is 1. The minimum atomic E-state index is -4.53. The molecule has 1 aliphatic rings. The van der Waals surface area contributed by atoms with Crippen molar-refractivity contribution in [2.24, 2.45) is 0 Å². The molecule has 8 nitrogen and oxygen atoms in total. The Morgan fingerprint density at radius 2 is 1.86 bits per heavy atom. The van der Waals surface area contributed by atoms with Gasteiger partial charge in [0.1, 0.15) is 11.8 Å². The van der Waals surface area contributed by atoms with Gasteiger partial charge in [-0.3, -0.25) is 4.90 Å². The smallest absolute Gasteiger partial charge is 0.416 e. The Kier molecular flexibility index (Phi) is 8.57. The number of likely N-dealkylation sites (tertiary alicyclic amines) is 1. The summed E-state index contributed by atoms with van der Waals surface area (Å²) in [5.74, 6) is -0.941. The number of carbonyl (C=O) groups excluding carboxylic acids is 1. The third-order valence-electron chi connectivity index (χ3n) is 6.23. The van der Waals surface area contributed by atoms with E-state index in [1.165, 1.54) is 18.1 Å². The maximum absolute atomic E-state index is 13.3. The number of hydrogen-bond donors (Lipinski definition) is 2. The summed E-state index contributed by atoms with van der Waals surface area (Å²) in [4.78, 5) is 28.5. The summed E-state index contributed by atoms with van der Waals surface area (Å²) in [6, 6.07) is 7.89. The Hall–Kier alpha value is -3.47. The van der Waals surface area contributed by atoms with Crippen LogP contribution in [0.4, 0.5) is 23.7 Å². The molecule has 1 amide bonds. The average Bonchev–Trinajstić information content (AvgIpc) is 3.21. The van der Waals surface area contributed by atoms with Crippen molar-refractivity contribution in [3.63, 3.8) is 0 Å². The second-order valence-corrected chi connectivity index (χ2v) is 9.34. The highest BCUT2D eigenvalue weighted by Crippen LogP contribution is 2.41. The standard InChI is InChI=1S/C26H32F3N3O5/c1-15(2)37-25(35)32-21(24(33)34)13-19(23(32)18-8-6-7-9-20(18)31(3)4)30-14-16-12-17(26(27,28)29)10-11-22(16)36-5/h6-12,15,19,21,23,30H,13-14H2,1-5H3,(H,33,34). The van der Waals surface area contributed by atoms with Crippen LogP contribution < -0.4 is 15.0 Å². The van der Waals surface area contributed by atoms with Gasteiger partial charge in [0.05, 0.1) is 24.8 Å². The summed E-state index contributed by atoms with van der Waals surface area (Å²) in [5, 5.41) is 13.2. The molecule has 11 heteroatoms. The number of anilines is 1. The van der Waals surface area contributed by atoms with Crippen molar-refractivity contribution in [3.05, 3.63) is 59.2 Å². The van der Waals surface area contributed by atoms with Gasteiger partial charge in [0.25, 0.3) is 0 Å². The van der Waals surface area contributed by atoms with E-state index < -0.39 is 48.0 Å². The third kappa shape index (κ3) is 6.27. The van der Waals surface area contributed by atoms with Crippen molar-refractivity contribution in [1.82, 2.24) is 10.2 Å². The number of amides is 1. The number of nitrogens with zero attached hydrogens (tertiary/aromatic N) is 2. The lowest BCUT2D eigenvalue weighted by Gasteiger charge is -2.33. The number of ether oxygens (including phenoxy) is 2. The number of benzene rings is 2. The molecule has 1 saturated heterocycles. The fraction of sp³-hybridized carbons (Fsp3) is 0.462. The van der Waals surface area contributed by atoms with Gasteiger partial charge < -0.3 is 24.8 Å². The van der Waals surface area contributed by atoms with Gasteiger partial charge in [-0.15, -0.1) is 0 Å². The topological polar surface area (TPSA) is 91.3 Å². The fourth-order valence-electron chi connectivity index (χ4n) is 4.63. The van der Waals surface area contributed by atoms with Crippen LogP contribution in [-0.2, 0) is 22.3 Å². The number of rotatable bonds is 8. The van der Waals surface area contributed by atoms with E-state index in [1.807, 2.05) is 31.1 Å². The Balaban J connectivity index is 2.05. The molecule has 0 spiro atoms. The Morgan fingerprint density at radius 1 is 1.19 bits per heavy atom. The van der Waals surface area contributed by atoms with Crippen LogP contribution >= 0.6 is 0 Å². The molecule has 1 fully saturated rings. The van der Waals surface area contributed by atoms with Gasteiger partial charge in [0, 0.05) is 37.9 Å². The highest BCUT2D eigenvalue weighted by atomic mass is 19.4. The maximum atomic E-state index is 13.3. The summed E-state index contributed by atoms with van der Waals surface area (Å²) in [6.45, 7) is 3.29. The zero-order valence-corrected chi connectivity index (χ0v) is 21.4. The molecular weight excluding hydrogens is 491 g/mol. The summed E-state index contributed by atoms with van der Waals surface area (Å²) in [5.41, 5.74) is 0.887. The fourth-order valence-corrected chi connectivity index (χ4v) is 4.63. The highest BCUT2D eigenvalue weighted by Gasteiger charge is 2.49. The second kappa shape index (κ2) is 11.3. The van der Waals surface area contributed by atoms with E-state index in [1.54, 1.807) is 26.0 Å². The molecule has 37 heavy (non-hydrogen) atoms. The van der Waals surface area contributed by atoms with Crippen LogP contribution in [0.1, 0.15) is 43.0 Å². The van der Waals surface area contributed by atoms with E-state index in [9.17, 15) is 27.9 Å². The summed E-state index contributed by atoms with van der Waals surface area (Å²) >= 11 is 0. The molecule has 0 bridgehead atoms. The Morgan fingerprint density at radius 3 is 2.43 bits per heavy atom. The van der Waals surface area contributed by atoms with Crippen molar-refractivity contribution >= 4 is 17.7 Å². The lowest BCUT2D eigenvalue weighted by Crippen LogP contribution is -2.44. The first-order valence-corrected chi connectivity index (χ1v) is 11.8. The van der Waals surface area contributed by atoms with Gasteiger partial charge in [-0.25, -0.2) is 9.59 Å². The number of halogens is 3. The molecule has 3 unspecified atom stereocenters. The zero-order chi connectivity index (χ0) is 27.5. The SMILES string of the molecule is COc1ccc(C(F)(F)F)cc1CNC1CC(C(=O)O)N(C(=O)OC(C)C)C1c1ccccc1N(C)C. The number of methoxy groups -OCH3 is 1. The predicted octanol–water partition coefficient (Wildman–Crippen LogP) is 4.68. The van der Waals surface area contributed by atoms with Crippen molar-refractivity contribution in [2.45, 2.75) is 57.2 Å². The van der Waals surface area contributed by atoms with Crippen LogP contribution in [0.5, 0.6) is 5.75 Å². The maximum Gasteiger partial charge on any atom is 0.416 e. The number of carboxylic acids is 1. The number of nitrogens with one attached hydrogen (secondary N) is 1. The largest absolute Gasteiger partial charge is 0.496 e. The van der Waals surface area contributed by atoms with Crippen LogP contribution in [0.15, 0.2) is 42.5 Å². The summed E-state index contributed by atoms with van der Waals surface area (Å²) < 4.78 is 50.7. The number of hydrogen-bond acceptors (Lipinski definition) is 6. The van der Waals surface area contributed by atoms with E-state index in [-0.39, 0.29) is 24.3 Å². The van der Waals surface area contributed by atoms with Crippen LogP contribution in [0.2, 0.25) is 0 Å². The normalized spacial score (nSPS) is 19.7. The molecule has 2 aromatic rings. The molecule has 0 radical (unpaired) electrons. The van der Waals surface area contributed by atoms with E-state index in [0.29, 0.717) is 5.56 Å². The minimum absolute atomic E-state index is 0.0240. The van der Waals surface area contributed by atoms with E-state index in [0.717, 1.165) is 17.8 Å². The molecular formula is C26H32F3N3O5. The number of alkyl halides is 3. The van der Waals surface area contributed by atoms with Gasteiger partial charge in [-0.05, 0) is 50.1 Å². The van der Waals surface area contributed by atoms with E-state index >= 15 is 0 Å². The van der Waals surface area contributed by atoms with E-state index in [4.69, 9.17) is 9.47 Å². The first kappa shape index (κ1) is 28.1. The molecule has 1 heterocycles. The monoisotopic (exact) mass is 523 g/mol. The molecule has 3 rings (SSSR count). The predicted molar refractivity (Wildman–Crippen MR) is 132 cm³/mol. The second-order valence-electron chi connectivity index (χ2n) is 9.34. The number of carbonyl (C=O) groups is 2. The van der Waals surface area contributed by atoms with Gasteiger partial charge in [0.15, 0.2) is 0 Å². The molecule has 0 aliphatic carbocycles. The summed E-state index contributed by atoms with van der Waals surface area (Å²) in [6.07, 6.45) is -5.76. The van der Waals surface area contributed by atoms with Crippen molar-refractivity contribution in [2.75, 3.05) is 26.1 Å². The molecule has 1 aliphatic heterocycles. The molecule has 3 atom stereocenters. The van der Waals surface area contributed by atoms with Gasteiger partial charge in [0.2, 0.25) is 0 Å². The average molecular weight is 524 g/mol. The van der Waals surface area contributed by atoms with Crippen LogP contribution in [0, 0.1) is 0 Å². The molecule has 2 N–H and O–H groups in total. The Labute approximate surface area is 214 Å². The van der Waals surface area contributed by atoms with E-state index in [2.05, 4.69) is 5.32 Å². The minimum Gasteiger partial charge on any atom is -0.496 e. The molecule has 2 aromatic carbocycles. The lowest BCUT2D eigenvalue weighted by molar-refractivity contribution is -0.142. The van der Waals surface area contributed by atoms with Gasteiger partial charge in [-0.1, -0.05) is 18.2 Å². The van der Waals surface area contributed by atoms with Crippen molar-refractivity contribution in [3.8, 4) is 5.75 Å². The first-order valence-electron chi connectivity index (χ1n) is 11.8. The van der Waals surface area contributed by atoms with Crippen LogP contribution in [0.25, 0.3) is 0 Å².